The smallest absolute Gasteiger partial charge is 0.235 e. The summed E-state index contributed by atoms with van der Waals surface area (Å²) in [5.74, 6) is -1.45. The first-order valence-electron chi connectivity index (χ1n) is 10.0. The molecule has 1 aromatic heterocycles. The molecule has 4 nitrogen and oxygen atoms in total. The summed E-state index contributed by atoms with van der Waals surface area (Å²) >= 11 is 0. The Bertz CT molecular complexity index is 1000. The van der Waals surface area contributed by atoms with Gasteiger partial charge in [-0.3, -0.25) is 4.79 Å². The van der Waals surface area contributed by atoms with Crippen LogP contribution in [0.2, 0.25) is 0 Å². The number of alkyl halides is 1. The number of hydrogen-bond acceptors (Lipinski definition) is 3. The maximum Gasteiger partial charge on any atom is 0.235 e. The van der Waals surface area contributed by atoms with Gasteiger partial charge in [-0.1, -0.05) is 19.9 Å². The van der Waals surface area contributed by atoms with Gasteiger partial charge in [0, 0.05) is 6.54 Å². The highest BCUT2D eigenvalue weighted by atomic mass is 19.1. The largest absolute Gasteiger partial charge is 0.339 e. The van der Waals surface area contributed by atoms with Gasteiger partial charge in [-0.25, -0.2) is 13.2 Å². The van der Waals surface area contributed by atoms with Crippen LogP contribution >= 0.6 is 0 Å². The van der Waals surface area contributed by atoms with E-state index in [0.717, 1.165) is 12.0 Å². The number of carbonyl (C=O) groups is 1. The number of halogens is 3. The highest BCUT2D eigenvalue weighted by molar-refractivity contribution is 5.92. The zero-order valence-corrected chi connectivity index (χ0v) is 16.4. The molecule has 7 heteroatoms. The van der Waals surface area contributed by atoms with E-state index in [-0.39, 0.29) is 29.6 Å². The first-order chi connectivity index (χ1) is 13.8. The predicted molar refractivity (Wildman–Crippen MR) is 101 cm³/mol. The lowest BCUT2D eigenvalue weighted by Gasteiger charge is -2.39. The van der Waals surface area contributed by atoms with Gasteiger partial charge >= 0.3 is 0 Å². The Morgan fingerprint density at radius 3 is 2.55 bits per heavy atom. The minimum Gasteiger partial charge on any atom is -0.339 e. The van der Waals surface area contributed by atoms with Crippen molar-refractivity contribution in [1.82, 2.24) is 15.1 Å². The SMILES string of the molecule is CC1(C)C2CCC1(C(=O)N1CCC(F)C1)c1nnc(-c3c(F)cccc3F)cc12. The Labute approximate surface area is 167 Å². The van der Waals surface area contributed by atoms with Gasteiger partial charge in [-0.2, -0.15) is 5.10 Å². The van der Waals surface area contributed by atoms with Gasteiger partial charge < -0.3 is 4.90 Å². The minimum absolute atomic E-state index is 0.0364. The Kier molecular flexibility index (Phi) is 3.86. The van der Waals surface area contributed by atoms with Crippen LogP contribution in [0.15, 0.2) is 24.3 Å². The van der Waals surface area contributed by atoms with E-state index in [2.05, 4.69) is 10.2 Å². The second kappa shape index (κ2) is 6.03. The van der Waals surface area contributed by atoms with E-state index in [1.54, 1.807) is 11.0 Å². The molecule has 3 atom stereocenters. The lowest BCUT2D eigenvalue weighted by atomic mass is 9.67. The summed E-state index contributed by atoms with van der Waals surface area (Å²) < 4.78 is 42.3. The summed E-state index contributed by atoms with van der Waals surface area (Å²) in [7, 11) is 0. The number of carbonyl (C=O) groups excluding carboxylic acids is 1. The van der Waals surface area contributed by atoms with Gasteiger partial charge in [0.1, 0.15) is 17.8 Å². The molecule has 2 fully saturated rings. The van der Waals surface area contributed by atoms with Crippen LogP contribution < -0.4 is 0 Å². The van der Waals surface area contributed by atoms with E-state index in [9.17, 15) is 18.0 Å². The summed E-state index contributed by atoms with van der Waals surface area (Å²) in [6.07, 6.45) is 0.777. The zero-order chi connectivity index (χ0) is 20.6. The number of likely N-dealkylation sites (tertiary alicyclic amines) is 1. The molecule has 29 heavy (non-hydrogen) atoms. The maximum atomic E-state index is 14.3. The summed E-state index contributed by atoms with van der Waals surface area (Å²) in [4.78, 5) is 15.2. The first kappa shape index (κ1) is 18.6. The van der Waals surface area contributed by atoms with Gasteiger partial charge in [0.15, 0.2) is 0 Å². The third kappa shape index (κ3) is 2.30. The number of amides is 1. The number of nitrogens with zero attached hydrogens (tertiary/aromatic N) is 3. The van der Waals surface area contributed by atoms with Crippen molar-refractivity contribution < 1.29 is 18.0 Å². The second-order valence-electron chi connectivity index (χ2n) is 8.99. The summed E-state index contributed by atoms with van der Waals surface area (Å²) in [5, 5.41) is 8.48. The fourth-order valence-corrected chi connectivity index (χ4v) is 5.83. The quantitative estimate of drug-likeness (QED) is 0.760. The standard InChI is InChI=1S/C22H22F3N3O/c1-21(2)14-6-8-22(21,20(29)28-9-7-12(23)11-28)19-13(14)10-17(26-27-19)18-15(24)4-3-5-16(18)25/h3-5,10,12,14H,6-9,11H2,1-2H3. The lowest BCUT2D eigenvalue weighted by molar-refractivity contribution is -0.140. The van der Waals surface area contributed by atoms with Gasteiger partial charge in [-0.15, -0.1) is 5.10 Å². The van der Waals surface area contributed by atoms with E-state index in [0.29, 0.717) is 25.1 Å². The van der Waals surface area contributed by atoms with Crippen molar-refractivity contribution in [3.8, 4) is 11.3 Å². The molecule has 1 saturated carbocycles. The van der Waals surface area contributed by atoms with Crippen LogP contribution in [0.5, 0.6) is 0 Å². The molecule has 2 heterocycles. The number of aromatic nitrogens is 2. The molecule has 3 unspecified atom stereocenters. The monoisotopic (exact) mass is 401 g/mol. The molecule has 2 bridgehead atoms. The highest BCUT2D eigenvalue weighted by Gasteiger charge is 2.68. The third-order valence-electron chi connectivity index (χ3n) is 7.38. The lowest BCUT2D eigenvalue weighted by Crippen LogP contribution is -2.51. The Hall–Kier alpha value is -2.44. The molecule has 1 amide bonds. The molecule has 0 radical (unpaired) electrons. The van der Waals surface area contributed by atoms with Crippen LogP contribution in [-0.4, -0.2) is 40.3 Å². The number of fused-ring (bicyclic) bond motifs is 5. The molecule has 152 valence electrons. The van der Waals surface area contributed by atoms with Crippen molar-refractivity contribution in [3.63, 3.8) is 0 Å². The first-order valence-corrected chi connectivity index (χ1v) is 10.0. The van der Waals surface area contributed by atoms with Crippen LogP contribution in [0.1, 0.15) is 50.3 Å². The Morgan fingerprint density at radius 2 is 1.90 bits per heavy atom. The predicted octanol–water partition coefficient (Wildman–Crippen LogP) is 4.15. The van der Waals surface area contributed by atoms with E-state index in [4.69, 9.17) is 0 Å². The van der Waals surface area contributed by atoms with Crippen molar-refractivity contribution >= 4 is 5.91 Å². The van der Waals surface area contributed by atoms with Crippen LogP contribution in [0.25, 0.3) is 11.3 Å². The number of rotatable bonds is 2. The fraction of sp³-hybridized carbons (Fsp3) is 0.500. The molecule has 3 aliphatic rings. The molecule has 5 rings (SSSR count). The number of hydrogen-bond donors (Lipinski definition) is 0. The van der Waals surface area contributed by atoms with Crippen molar-refractivity contribution in [3.05, 3.63) is 47.2 Å². The topological polar surface area (TPSA) is 46.1 Å². The van der Waals surface area contributed by atoms with Crippen LogP contribution in [0, 0.1) is 17.0 Å². The van der Waals surface area contributed by atoms with Crippen LogP contribution in [-0.2, 0) is 10.2 Å². The zero-order valence-electron chi connectivity index (χ0n) is 16.4. The normalized spacial score (nSPS) is 29.3. The van der Waals surface area contributed by atoms with Crippen molar-refractivity contribution in [2.75, 3.05) is 13.1 Å². The molecule has 0 spiro atoms. The second-order valence-corrected chi connectivity index (χ2v) is 8.99. The molecular formula is C22H22F3N3O. The molecular weight excluding hydrogens is 379 g/mol. The molecule has 2 aliphatic carbocycles. The molecule has 0 N–H and O–H groups in total. The maximum absolute atomic E-state index is 14.3. The molecule has 1 aliphatic heterocycles. The van der Waals surface area contributed by atoms with Gasteiger partial charge in [0.25, 0.3) is 0 Å². The van der Waals surface area contributed by atoms with E-state index in [1.807, 2.05) is 13.8 Å². The summed E-state index contributed by atoms with van der Waals surface area (Å²) in [6, 6.07) is 5.37. The highest BCUT2D eigenvalue weighted by Crippen LogP contribution is 2.68. The van der Waals surface area contributed by atoms with Crippen molar-refractivity contribution in [2.24, 2.45) is 5.41 Å². The Balaban J connectivity index is 1.64. The van der Waals surface area contributed by atoms with Gasteiger partial charge in [0.2, 0.25) is 5.91 Å². The van der Waals surface area contributed by atoms with Crippen molar-refractivity contribution in [1.29, 1.82) is 0 Å². The van der Waals surface area contributed by atoms with Crippen LogP contribution in [0.4, 0.5) is 13.2 Å². The van der Waals surface area contributed by atoms with E-state index < -0.39 is 28.6 Å². The minimum atomic E-state index is -0.992. The van der Waals surface area contributed by atoms with Crippen LogP contribution in [0.3, 0.4) is 0 Å². The number of benzene rings is 1. The summed E-state index contributed by atoms with van der Waals surface area (Å²) in [6.45, 7) is 4.60. The molecule has 1 aromatic carbocycles. The fourth-order valence-electron chi connectivity index (χ4n) is 5.83. The third-order valence-corrected chi connectivity index (χ3v) is 7.38. The van der Waals surface area contributed by atoms with E-state index in [1.165, 1.54) is 18.2 Å². The average molecular weight is 401 g/mol. The average Bonchev–Trinajstić information content (AvgIpc) is 3.28. The molecule has 1 saturated heterocycles. The van der Waals surface area contributed by atoms with Gasteiger partial charge in [-0.05, 0) is 54.4 Å². The van der Waals surface area contributed by atoms with Gasteiger partial charge in [0.05, 0.1) is 28.9 Å². The Morgan fingerprint density at radius 1 is 1.17 bits per heavy atom. The molecule has 2 aromatic rings. The van der Waals surface area contributed by atoms with E-state index >= 15 is 0 Å². The van der Waals surface area contributed by atoms with Crippen molar-refractivity contribution in [2.45, 2.75) is 50.6 Å². The summed E-state index contributed by atoms with van der Waals surface area (Å²) in [5.41, 5.74) is 0.0572.